The molecule has 1 aromatic rings. The fourth-order valence-electron chi connectivity index (χ4n) is 1.95. The Labute approximate surface area is 112 Å². The average molecular weight is 269 g/mol. The molecular weight excluding hydrogens is 249 g/mol. The molecule has 0 fully saturated rings. The van der Waals surface area contributed by atoms with Crippen LogP contribution in [0.2, 0.25) is 0 Å². The molecule has 2 atom stereocenters. The minimum Gasteiger partial charge on any atom is -0.491 e. The normalized spacial score (nSPS) is 13.7. The highest BCUT2D eigenvalue weighted by molar-refractivity contribution is 5.73. The predicted molar refractivity (Wildman–Crippen MR) is 70.3 cm³/mol. The third-order valence-electron chi connectivity index (χ3n) is 3.02. The van der Waals surface area contributed by atoms with Crippen LogP contribution in [0.5, 0.6) is 5.75 Å². The molecule has 0 aliphatic rings. The molecule has 106 valence electrons. The van der Waals surface area contributed by atoms with Crippen molar-refractivity contribution in [3.63, 3.8) is 0 Å². The molecule has 0 saturated heterocycles. The third-order valence-corrected chi connectivity index (χ3v) is 3.02. The molecule has 4 nitrogen and oxygen atoms in total. The Bertz CT molecular complexity index is 437. The molecule has 0 saturated carbocycles. The number of nitrogens with two attached hydrogens (primary N) is 1. The molecule has 0 heterocycles. The molecule has 0 aromatic heterocycles. The first-order chi connectivity index (χ1) is 9.04. The summed E-state index contributed by atoms with van der Waals surface area (Å²) in [4.78, 5) is 11.6. The molecule has 0 amide bonds. The molecule has 5 heteroatoms. The quantitative estimate of drug-likeness (QED) is 0.806. The molecule has 0 aliphatic carbocycles. The van der Waals surface area contributed by atoms with Gasteiger partial charge in [-0.3, -0.25) is 4.79 Å². The number of halogens is 1. The van der Waals surface area contributed by atoms with Gasteiger partial charge in [-0.25, -0.2) is 4.39 Å². The number of ether oxygens (including phenoxy) is 2. The minimum atomic E-state index is -0.595. The summed E-state index contributed by atoms with van der Waals surface area (Å²) in [6.07, 6.45) is 0.530. The maximum atomic E-state index is 13.8. The lowest BCUT2D eigenvalue weighted by Crippen LogP contribution is -2.28. The summed E-state index contributed by atoms with van der Waals surface area (Å²) in [6, 6.07) is 3.91. The van der Waals surface area contributed by atoms with E-state index in [0.29, 0.717) is 18.6 Å². The highest BCUT2D eigenvalue weighted by Crippen LogP contribution is 2.27. The first-order valence-electron chi connectivity index (χ1n) is 6.30. The van der Waals surface area contributed by atoms with Crippen LogP contribution in [-0.4, -0.2) is 19.7 Å². The molecule has 0 spiro atoms. The van der Waals surface area contributed by atoms with Crippen LogP contribution in [0.25, 0.3) is 0 Å². The van der Waals surface area contributed by atoms with Crippen LogP contribution in [0, 0.1) is 11.7 Å². The van der Waals surface area contributed by atoms with E-state index in [4.69, 9.17) is 15.2 Å². The smallest absolute Gasteiger partial charge is 0.310 e. The van der Waals surface area contributed by atoms with E-state index >= 15 is 0 Å². The van der Waals surface area contributed by atoms with Gasteiger partial charge < -0.3 is 15.2 Å². The highest BCUT2D eigenvalue weighted by atomic mass is 19.1. The lowest BCUT2D eigenvalue weighted by atomic mass is 9.91. The minimum absolute atomic E-state index is 0.185. The van der Waals surface area contributed by atoms with E-state index in [9.17, 15) is 9.18 Å². The zero-order valence-electron chi connectivity index (χ0n) is 11.5. The molecule has 1 aromatic carbocycles. The number of hydrogen-bond donors (Lipinski definition) is 1. The van der Waals surface area contributed by atoms with Crippen molar-refractivity contribution in [2.75, 3.05) is 13.7 Å². The van der Waals surface area contributed by atoms with Crippen molar-refractivity contribution in [2.45, 2.75) is 26.3 Å². The number of carbonyl (C=O) groups excluding carboxylic acids is 1. The second-order valence-electron chi connectivity index (χ2n) is 4.19. The molecule has 19 heavy (non-hydrogen) atoms. The van der Waals surface area contributed by atoms with Crippen molar-refractivity contribution in [2.24, 2.45) is 11.7 Å². The largest absolute Gasteiger partial charge is 0.491 e. The van der Waals surface area contributed by atoms with Crippen LogP contribution < -0.4 is 10.5 Å². The van der Waals surface area contributed by atoms with Crippen LogP contribution in [-0.2, 0) is 9.53 Å². The summed E-state index contributed by atoms with van der Waals surface area (Å²) < 4.78 is 23.6. The predicted octanol–water partition coefficient (Wildman–Crippen LogP) is 2.42. The van der Waals surface area contributed by atoms with E-state index in [0.717, 1.165) is 0 Å². The zero-order chi connectivity index (χ0) is 14.4. The van der Waals surface area contributed by atoms with Gasteiger partial charge in [0, 0.05) is 6.04 Å². The van der Waals surface area contributed by atoms with Crippen molar-refractivity contribution in [1.82, 2.24) is 0 Å². The van der Waals surface area contributed by atoms with E-state index in [1.165, 1.54) is 19.2 Å². The van der Waals surface area contributed by atoms with Gasteiger partial charge in [0.2, 0.25) is 0 Å². The Kier molecular flexibility index (Phi) is 5.76. The molecule has 0 radical (unpaired) electrons. The monoisotopic (exact) mass is 269 g/mol. The van der Waals surface area contributed by atoms with E-state index < -0.39 is 17.8 Å². The van der Waals surface area contributed by atoms with Crippen molar-refractivity contribution in [3.8, 4) is 5.75 Å². The van der Waals surface area contributed by atoms with E-state index in [-0.39, 0.29) is 11.7 Å². The van der Waals surface area contributed by atoms with Gasteiger partial charge in [-0.2, -0.15) is 0 Å². The molecular formula is C14H20FNO3. The van der Waals surface area contributed by atoms with E-state index in [2.05, 4.69) is 0 Å². The zero-order valence-corrected chi connectivity index (χ0v) is 11.5. The van der Waals surface area contributed by atoms with Gasteiger partial charge in [0.1, 0.15) is 0 Å². The summed E-state index contributed by atoms with van der Waals surface area (Å²) in [5.41, 5.74) is 6.56. The van der Waals surface area contributed by atoms with Crippen LogP contribution in [0.15, 0.2) is 18.2 Å². The Morgan fingerprint density at radius 2 is 2.11 bits per heavy atom. The van der Waals surface area contributed by atoms with Crippen molar-refractivity contribution in [3.05, 3.63) is 29.6 Å². The van der Waals surface area contributed by atoms with Gasteiger partial charge in [-0.1, -0.05) is 13.0 Å². The maximum Gasteiger partial charge on any atom is 0.310 e. The second-order valence-corrected chi connectivity index (χ2v) is 4.19. The number of esters is 1. The number of rotatable bonds is 6. The fourth-order valence-corrected chi connectivity index (χ4v) is 1.95. The first kappa shape index (κ1) is 15.4. The third kappa shape index (κ3) is 3.67. The fraction of sp³-hybridized carbons (Fsp3) is 0.500. The van der Waals surface area contributed by atoms with E-state index in [1.807, 2.05) is 6.92 Å². The average Bonchev–Trinajstić information content (AvgIpc) is 2.41. The molecule has 1 rings (SSSR count). The number of methoxy groups -OCH3 is 1. The highest BCUT2D eigenvalue weighted by Gasteiger charge is 2.26. The lowest BCUT2D eigenvalue weighted by Gasteiger charge is -2.21. The summed E-state index contributed by atoms with van der Waals surface area (Å²) >= 11 is 0. The summed E-state index contributed by atoms with van der Waals surface area (Å²) in [5.74, 6) is -1.16. The number of carbonyl (C=O) groups is 1. The SMILES string of the molecule is CCOc1ccc(C(N)C(CC)C(=O)OC)cc1F. The lowest BCUT2D eigenvalue weighted by molar-refractivity contribution is -0.146. The summed E-state index contributed by atoms with van der Waals surface area (Å²) in [5, 5.41) is 0. The number of benzene rings is 1. The van der Waals surface area contributed by atoms with Crippen LogP contribution in [0.1, 0.15) is 31.9 Å². The van der Waals surface area contributed by atoms with Crippen molar-refractivity contribution >= 4 is 5.97 Å². The number of hydrogen-bond acceptors (Lipinski definition) is 4. The van der Waals surface area contributed by atoms with Crippen molar-refractivity contribution in [1.29, 1.82) is 0 Å². The first-order valence-corrected chi connectivity index (χ1v) is 6.30. The van der Waals surface area contributed by atoms with E-state index in [1.54, 1.807) is 13.0 Å². The van der Waals surface area contributed by atoms with Gasteiger partial charge in [-0.15, -0.1) is 0 Å². The Morgan fingerprint density at radius 3 is 2.58 bits per heavy atom. The summed E-state index contributed by atoms with van der Waals surface area (Å²) in [6.45, 7) is 4.01. The Morgan fingerprint density at radius 1 is 1.42 bits per heavy atom. The second kappa shape index (κ2) is 7.09. The molecule has 0 bridgehead atoms. The van der Waals surface area contributed by atoms with Gasteiger partial charge >= 0.3 is 5.97 Å². The van der Waals surface area contributed by atoms with Gasteiger partial charge in [0.15, 0.2) is 11.6 Å². The van der Waals surface area contributed by atoms with Gasteiger partial charge in [0.05, 0.1) is 19.6 Å². The van der Waals surface area contributed by atoms with Crippen LogP contribution in [0.3, 0.4) is 0 Å². The standard InChI is InChI=1S/C14H20FNO3/c1-4-10(14(17)18-3)13(16)9-6-7-12(19-5-2)11(15)8-9/h6-8,10,13H,4-5,16H2,1-3H3. The Balaban J connectivity index is 2.95. The molecule has 0 aliphatic heterocycles. The topological polar surface area (TPSA) is 61.5 Å². The van der Waals surface area contributed by atoms with Crippen LogP contribution >= 0.6 is 0 Å². The van der Waals surface area contributed by atoms with Crippen molar-refractivity contribution < 1.29 is 18.7 Å². The Hall–Kier alpha value is -1.62. The summed E-state index contributed by atoms with van der Waals surface area (Å²) in [7, 11) is 1.32. The maximum absolute atomic E-state index is 13.8. The van der Waals surface area contributed by atoms with Gasteiger partial charge in [-0.05, 0) is 31.0 Å². The molecule has 2 unspecified atom stereocenters. The van der Waals surface area contributed by atoms with Crippen LogP contribution in [0.4, 0.5) is 4.39 Å². The molecule has 2 N–H and O–H groups in total. The van der Waals surface area contributed by atoms with Gasteiger partial charge in [0.25, 0.3) is 0 Å².